The van der Waals surface area contributed by atoms with Gasteiger partial charge in [-0.05, 0) is 57.3 Å². The molecule has 1 aromatic heterocycles. The fourth-order valence-electron chi connectivity index (χ4n) is 3.11. The summed E-state index contributed by atoms with van der Waals surface area (Å²) >= 11 is 6.14. The van der Waals surface area contributed by atoms with Crippen LogP contribution in [0.5, 0.6) is 0 Å². The topological polar surface area (TPSA) is 45.7 Å². The number of carbonyl (C=O) groups is 1. The van der Waals surface area contributed by atoms with E-state index in [2.05, 4.69) is 28.9 Å². The van der Waals surface area contributed by atoms with Gasteiger partial charge in [0.1, 0.15) is 10.8 Å². The van der Waals surface area contributed by atoms with Crippen molar-refractivity contribution in [2.45, 2.75) is 39.3 Å². The van der Waals surface area contributed by atoms with E-state index < -0.39 is 5.60 Å². The maximum Gasteiger partial charge on any atom is 0.410 e. The molecule has 1 saturated heterocycles. The Morgan fingerprint density at radius 2 is 2.04 bits per heavy atom. The third-order valence-electron chi connectivity index (χ3n) is 4.32. The third kappa shape index (κ3) is 3.98. The molecule has 0 bridgehead atoms. The molecule has 1 aliphatic rings. The maximum absolute atomic E-state index is 12.3. The van der Waals surface area contributed by atoms with Crippen molar-refractivity contribution >= 4 is 34.2 Å². The summed E-state index contributed by atoms with van der Waals surface area (Å²) in [5.41, 5.74) is 0.657. The summed E-state index contributed by atoms with van der Waals surface area (Å²) in [6.45, 7) is 9.91. The van der Waals surface area contributed by atoms with E-state index >= 15 is 0 Å². The number of ether oxygens (including phenoxy) is 1. The summed E-state index contributed by atoms with van der Waals surface area (Å²) in [5, 5.41) is 2.54. The zero-order chi connectivity index (χ0) is 18.2. The third-order valence-corrected chi connectivity index (χ3v) is 4.62. The van der Waals surface area contributed by atoms with Crippen molar-refractivity contribution in [1.82, 2.24) is 9.88 Å². The molecule has 2 heterocycles. The van der Waals surface area contributed by atoms with Gasteiger partial charge in [-0.15, -0.1) is 0 Å². The molecule has 1 atom stereocenters. The molecular weight excluding hydrogens is 338 g/mol. The van der Waals surface area contributed by atoms with Crippen LogP contribution in [0.4, 0.5) is 10.5 Å². The number of amides is 1. The lowest BCUT2D eigenvalue weighted by Crippen LogP contribution is -2.55. The monoisotopic (exact) mass is 361 g/mol. The number of aromatic nitrogens is 1. The number of rotatable bonds is 1. The Bertz CT molecular complexity index is 788. The molecule has 0 N–H and O–H groups in total. The van der Waals surface area contributed by atoms with Crippen molar-refractivity contribution in [3.05, 3.63) is 35.6 Å². The molecule has 0 spiro atoms. The van der Waals surface area contributed by atoms with Gasteiger partial charge >= 0.3 is 6.09 Å². The van der Waals surface area contributed by atoms with Gasteiger partial charge in [-0.25, -0.2) is 9.78 Å². The van der Waals surface area contributed by atoms with Crippen LogP contribution in [0.2, 0.25) is 5.15 Å². The highest BCUT2D eigenvalue weighted by atomic mass is 35.5. The van der Waals surface area contributed by atoms with E-state index in [1.807, 2.05) is 37.8 Å². The predicted molar refractivity (Wildman–Crippen MR) is 101 cm³/mol. The van der Waals surface area contributed by atoms with E-state index in [9.17, 15) is 4.79 Å². The lowest BCUT2D eigenvalue weighted by atomic mass is 10.1. The number of nitrogens with zero attached hydrogens (tertiary/aromatic N) is 3. The molecule has 134 valence electrons. The van der Waals surface area contributed by atoms with E-state index in [4.69, 9.17) is 16.3 Å². The summed E-state index contributed by atoms with van der Waals surface area (Å²) in [7, 11) is 0. The van der Waals surface area contributed by atoms with Crippen LogP contribution < -0.4 is 4.90 Å². The van der Waals surface area contributed by atoms with Crippen molar-refractivity contribution in [2.75, 3.05) is 24.5 Å². The largest absolute Gasteiger partial charge is 0.444 e. The number of piperazine rings is 1. The van der Waals surface area contributed by atoms with Crippen LogP contribution >= 0.6 is 11.6 Å². The van der Waals surface area contributed by atoms with Crippen molar-refractivity contribution in [1.29, 1.82) is 0 Å². The highest BCUT2D eigenvalue weighted by Gasteiger charge is 2.30. The van der Waals surface area contributed by atoms with Crippen molar-refractivity contribution in [2.24, 2.45) is 0 Å². The minimum Gasteiger partial charge on any atom is -0.444 e. The SMILES string of the molecule is C[C@@H]1CN(c2ccc3c(Cl)nccc3c2)CCN1C(=O)OC(C)(C)C. The first-order chi connectivity index (χ1) is 11.7. The van der Waals surface area contributed by atoms with Gasteiger partial charge in [-0.1, -0.05) is 11.6 Å². The summed E-state index contributed by atoms with van der Waals surface area (Å²) in [6, 6.07) is 8.24. The molecule has 1 aromatic carbocycles. The molecule has 0 saturated carbocycles. The predicted octanol–water partition coefficient (Wildman–Crippen LogP) is 4.33. The minimum absolute atomic E-state index is 0.0836. The maximum atomic E-state index is 12.3. The molecule has 0 radical (unpaired) electrons. The Labute approximate surface area is 153 Å². The smallest absolute Gasteiger partial charge is 0.410 e. The zero-order valence-electron chi connectivity index (χ0n) is 15.1. The van der Waals surface area contributed by atoms with Crippen LogP contribution in [0.1, 0.15) is 27.7 Å². The summed E-state index contributed by atoms with van der Waals surface area (Å²) in [6.07, 6.45) is 1.48. The fourth-order valence-corrected chi connectivity index (χ4v) is 3.34. The molecule has 2 aromatic rings. The van der Waals surface area contributed by atoms with Crippen LogP contribution in [0.3, 0.4) is 0 Å². The first kappa shape index (κ1) is 17.8. The quantitative estimate of drug-likeness (QED) is 0.709. The van der Waals surface area contributed by atoms with Crippen molar-refractivity contribution in [3.8, 4) is 0 Å². The minimum atomic E-state index is -0.473. The molecule has 25 heavy (non-hydrogen) atoms. The lowest BCUT2D eigenvalue weighted by molar-refractivity contribution is 0.0159. The normalized spacial score (nSPS) is 18.5. The lowest BCUT2D eigenvalue weighted by Gasteiger charge is -2.41. The van der Waals surface area contributed by atoms with Crippen LogP contribution in [0, 0.1) is 0 Å². The van der Waals surface area contributed by atoms with Gasteiger partial charge in [0, 0.05) is 42.9 Å². The first-order valence-electron chi connectivity index (χ1n) is 8.53. The Morgan fingerprint density at radius 1 is 1.28 bits per heavy atom. The second-order valence-electron chi connectivity index (χ2n) is 7.48. The molecule has 1 aliphatic heterocycles. The summed E-state index contributed by atoms with van der Waals surface area (Å²) in [4.78, 5) is 20.6. The average molecular weight is 362 g/mol. The second-order valence-corrected chi connectivity index (χ2v) is 7.83. The summed E-state index contributed by atoms with van der Waals surface area (Å²) < 4.78 is 5.51. The number of pyridine rings is 1. The average Bonchev–Trinajstić information content (AvgIpc) is 2.53. The Morgan fingerprint density at radius 3 is 2.72 bits per heavy atom. The molecule has 0 unspecified atom stereocenters. The highest BCUT2D eigenvalue weighted by molar-refractivity contribution is 6.34. The number of benzene rings is 1. The van der Waals surface area contributed by atoms with E-state index in [0.717, 1.165) is 29.5 Å². The van der Waals surface area contributed by atoms with Gasteiger partial charge in [0.15, 0.2) is 0 Å². The number of fused-ring (bicyclic) bond motifs is 1. The fraction of sp³-hybridized carbons (Fsp3) is 0.474. The molecule has 5 nitrogen and oxygen atoms in total. The number of anilines is 1. The Hall–Kier alpha value is -2.01. The van der Waals surface area contributed by atoms with Crippen molar-refractivity contribution < 1.29 is 9.53 Å². The van der Waals surface area contributed by atoms with E-state index in [1.54, 1.807) is 6.20 Å². The molecule has 6 heteroatoms. The van der Waals surface area contributed by atoms with Crippen LogP contribution in [0.15, 0.2) is 30.5 Å². The highest BCUT2D eigenvalue weighted by Crippen LogP contribution is 2.27. The van der Waals surface area contributed by atoms with E-state index in [1.165, 1.54) is 0 Å². The number of halogens is 1. The van der Waals surface area contributed by atoms with Gasteiger partial charge in [-0.3, -0.25) is 0 Å². The molecule has 1 amide bonds. The van der Waals surface area contributed by atoms with Gasteiger partial charge in [0.05, 0.1) is 0 Å². The van der Waals surface area contributed by atoms with Crippen LogP contribution in [0.25, 0.3) is 10.8 Å². The molecule has 3 rings (SSSR count). The second kappa shape index (κ2) is 6.71. The van der Waals surface area contributed by atoms with Crippen LogP contribution in [-0.4, -0.2) is 47.3 Å². The zero-order valence-corrected chi connectivity index (χ0v) is 15.9. The number of carbonyl (C=O) groups excluding carboxylic acids is 1. The standard InChI is InChI=1S/C19H24ClN3O2/c1-13-12-22(9-10-23(13)18(24)25-19(2,3)4)15-5-6-16-14(11-15)7-8-21-17(16)20/h5-8,11,13H,9-10,12H2,1-4H3/t13-/m1/s1. The van der Waals surface area contributed by atoms with Crippen molar-refractivity contribution in [3.63, 3.8) is 0 Å². The molecule has 1 fully saturated rings. The van der Waals surface area contributed by atoms with Gasteiger partial charge in [0.25, 0.3) is 0 Å². The van der Waals surface area contributed by atoms with Gasteiger partial charge in [0.2, 0.25) is 0 Å². The van der Waals surface area contributed by atoms with Gasteiger partial charge in [-0.2, -0.15) is 0 Å². The number of hydrogen-bond acceptors (Lipinski definition) is 4. The van der Waals surface area contributed by atoms with E-state index in [-0.39, 0.29) is 12.1 Å². The van der Waals surface area contributed by atoms with Crippen LogP contribution in [-0.2, 0) is 4.74 Å². The Kier molecular flexibility index (Phi) is 4.78. The molecular formula is C19H24ClN3O2. The van der Waals surface area contributed by atoms with Gasteiger partial charge < -0.3 is 14.5 Å². The summed E-state index contributed by atoms with van der Waals surface area (Å²) in [5.74, 6) is 0. The number of hydrogen-bond donors (Lipinski definition) is 0. The first-order valence-corrected chi connectivity index (χ1v) is 8.91. The Balaban J connectivity index is 1.74. The molecule has 0 aliphatic carbocycles. The van der Waals surface area contributed by atoms with E-state index in [0.29, 0.717) is 11.7 Å².